The van der Waals surface area contributed by atoms with Gasteiger partial charge >= 0.3 is 0 Å². The molecule has 0 spiro atoms. The average molecular weight is 1050 g/mol. The minimum Gasteiger partial charge on any atom is -0.456 e. The van der Waals surface area contributed by atoms with Crippen molar-refractivity contribution < 1.29 is 17.7 Å². The molecule has 0 aliphatic heterocycles. The van der Waals surface area contributed by atoms with Gasteiger partial charge < -0.3 is 27.5 Å². The van der Waals surface area contributed by atoms with Crippen LogP contribution in [0.4, 0.5) is 34.1 Å². The van der Waals surface area contributed by atoms with Gasteiger partial charge in [0, 0.05) is 88.0 Å². The van der Waals surface area contributed by atoms with E-state index in [1.807, 2.05) is 48.5 Å². The second-order valence-electron chi connectivity index (χ2n) is 22.6. The van der Waals surface area contributed by atoms with Crippen molar-refractivity contribution in [1.82, 2.24) is 0 Å². The Bertz CT molecular complexity index is 4820. The zero-order chi connectivity index (χ0) is 54.0. The SMILES string of the molecule is CC1(C2(C)c3ccccc3-c3ccc(N(c4ccc5oc6ccccc6c5c4)c4ccc5oc6ccccc6c5c4)cc32)c2ccccc2-c2ccc(N(c3ccc4oc5ccccc5c4c3)c3ccc4oc5ccccc5c4c3)cc21. The summed E-state index contributed by atoms with van der Waals surface area (Å²) in [5.41, 5.74) is 22.0. The van der Waals surface area contributed by atoms with Gasteiger partial charge in [-0.05, 0) is 166 Å². The standard InChI is InChI=1S/C76H48N2O4/c1-75(63-21-9-3-15-51(63)53-33-27-49(43-65(53)75)77(45-29-35-71-59(39-45)55-17-5-11-23-67(55)79-71)46-30-36-72-60(40-46)56-18-6-12-24-68(56)80-72)76(2)64-22-10-4-16-52(64)54-34-28-50(44-66(54)76)78(47-31-37-73-61(41-47)57-19-7-13-25-69(57)81-73)48-32-38-74-62(42-48)58-20-8-14-26-70(58)82-74/h3-44H,1-2H3. The maximum Gasteiger partial charge on any atom is 0.135 e. The molecule has 6 heteroatoms. The molecular weight excluding hydrogens is 1000 g/mol. The first-order valence-electron chi connectivity index (χ1n) is 28.1. The fraction of sp³-hybridized carbons (Fsp3) is 0.0526. The summed E-state index contributed by atoms with van der Waals surface area (Å²) in [5.74, 6) is 0. The van der Waals surface area contributed by atoms with Crippen molar-refractivity contribution >= 4 is 122 Å². The summed E-state index contributed by atoms with van der Waals surface area (Å²) in [6, 6.07) is 92.3. The zero-order valence-electron chi connectivity index (χ0n) is 44.8. The van der Waals surface area contributed by atoms with Gasteiger partial charge in [-0.2, -0.15) is 0 Å². The van der Waals surface area contributed by atoms with E-state index in [0.717, 1.165) is 122 Å². The minimum absolute atomic E-state index is 0.593. The highest BCUT2D eigenvalue weighted by Crippen LogP contribution is 2.66. The Morgan fingerprint density at radius 3 is 0.793 bits per heavy atom. The third kappa shape index (κ3) is 6.13. The van der Waals surface area contributed by atoms with Gasteiger partial charge in [-0.15, -0.1) is 0 Å². The summed E-state index contributed by atoms with van der Waals surface area (Å²) in [6.07, 6.45) is 0. The molecule has 0 bridgehead atoms. The van der Waals surface area contributed by atoms with Gasteiger partial charge in [0.2, 0.25) is 0 Å². The van der Waals surface area contributed by atoms with Gasteiger partial charge in [0.25, 0.3) is 0 Å². The summed E-state index contributed by atoms with van der Waals surface area (Å²) >= 11 is 0. The van der Waals surface area contributed by atoms with Crippen molar-refractivity contribution in [1.29, 1.82) is 0 Å². The number of anilines is 6. The van der Waals surface area contributed by atoms with E-state index in [9.17, 15) is 0 Å². The highest BCUT2D eigenvalue weighted by Gasteiger charge is 2.57. The van der Waals surface area contributed by atoms with Gasteiger partial charge in [-0.3, -0.25) is 0 Å². The van der Waals surface area contributed by atoms with Crippen LogP contribution in [-0.4, -0.2) is 0 Å². The average Bonchev–Trinajstić information content (AvgIpc) is 1.81. The molecule has 4 heterocycles. The Labute approximate surface area is 470 Å². The zero-order valence-corrected chi connectivity index (χ0v) is 44.8. The molecule has 4 aromatic heterocycles. The van der Waals surface area contributed by atoms with Crippen LogP contribution in [0.2, 0.25) is 0 Å². The van der Waals surface area contributed by atoms with E-state index < -0.39 is 10.8 Å². The molecule has 18 rings (SSSR count). The van der Waals surface area contributed by atoms with Gasteiger partial charge in [0.15, 0.2) is 0 Å². The van der Waals surface area contributed by atoms with Crippen LogP contribution < -0.4 is 9.80 Å². The van der Waals surface area contributed by atoms with Crippen molar-refractivity contribution in [2.45, 2.75) is 24.7 Å². The van der Waals surface area contributed by atoms with Crippen molar-refractivity contribution in [3.63, 3.8) is 0 Å². The largest absolute Gasteiger partial charge is 0.456 e. The minimum atomic E-state index is -0.593. The van der Waals surface area contributed by atoms with Crippen LogP contribution >= 0.6 is 0 Å². The van der Waals surface area contributed by atoms with Crippen molar-refractivity contribution in [2.24, 2.45) is 0 Å². The number of benzene rings is 12. The van der Waals surface area contributed by atoms with E-state index >= 15 is 0 Å². The molecule has 2 aliphatic rings. The summed E-state index contributed by atoms with van der Waals surface area (Å²) in [5, 5.41) is 8.62. The summed E-state index contributed by atoms with van der Waals surface area (Å²) in [4.78, 5) is 4.84. The topological polar surface area (TPSA) is 59.0 Å². The first-order chi connectivity index (χ1) is 40.4. The number of nitrogens with zero attached hydrogens (tertiary/aromatic N) is 2. The van der Waals surface area contributed by atoms with E-state index in [1.54, 1.807) is 0 Å². The van der Waals surface area contributed by atoms with E-state index in [2.05, 4.69) is 230 Å². The van der Waals surface area contributed by atoms with Crippen molar-refractivity contribution in [2.75, 3.05) is 9.80 Å². The fourth-order valence-corrected chi connectivity index (χ4v) is 14.6. The molecule has 0 saturated heterocycles. The highest BCUT2D eigenvalue weighted by atomic mass is 16.3. The number of rotatable bonds is 7. The van der Waals surface area contributed by atoms with Crippen LogP contribution in [0.3, 0.4) is 0 Å². The van der Waals surface area contributed by atoms with E-state index in [-0.39, 0.29) is 0 Å². The molecule has 2 unspecified atom stereocenters. The van der Waals surface area contributed by atoms with E-state index in [1.165, 1.54) is 44.5 Å². The maximum absolute atomic E-state index is 6.43. The third-order valence-electron chi connectivity index (χ3n) is 18.6. The molecule has 16 aromatic rings. The lowest BCUT2D eigenvalue weighted by atomic mass is 9.56. The number of hydrogen-bond acceptors (Lipinski definition) is 6. The maximum atomic E-state index is 6.43. The van der Waals surface area contributed by atoms with Crippen LogP contribution in [0.1, 0.15) is 36.1 Å². The van der Waals surface area contributed by atoms with Crippen LogP contribution in [0.5, 0.6) is 0 Å². The lowest BCUT2D eigenvalue weighted by Crippen LogP contribution is -2.44. The monoisotopic (exact) mass is 1050 g/mol. The Morgan fingerprint density at radius 2 is 0.463 bits per heavy atom. The van der Waals surface area contributed by atoms with Gasteiger partial charge in [-0.25, -0.2) is 0 Å². The predicted molar refractivity (Wildman–Crippen MR) is 335 cm³/mol. The number of hydrogen-bond donors (Lipinski definition) is 0. The molecule has 0 fully saturated rings. The van der Waals surface area contributed by atoms with Crippen molar-refractivity contribution in [3.05, 3.63) is 277 Å². The molecule has 2 atom stereocenters. The molecule has 0 saturated carbocycles. The number of para-hydroxylation sites is 4. The quantitative estimate of drug-likeness (QED) is 0.159. The van der Waals surface area contributed by atoms with Crippen molar-refractivity contribution in [3.8, 4) is 22.3 Å². The Kier molecular flexibility index (Phi) is 9.12. The van der Waals surface area contributed by atoms with E-state index in [0.29, 0.717) is 0 Å². The van der Waals surface area contributed by atoms with Gasteiger partial charge in [0.05, 0.1) is 0 Å². The highest BCUT2D eigenvalue weighted by molar-refractivity contribution is 6.11. The molecule has 2 aliphatic carbocycles. The predicted octanol–water partition coefficient (Wildman–Crippen LogP) is 21.5. The molecule has 386 valence electrons. The molecule has 82 heavy (non-hydrogen) atoms. The van der Waals surface area contributed by atoms with Crippen LogP contribution in [0.15, 0.2) is 272 Å². The Morgan fingerprint density at radius 1 is 0.220 bits per heavy atom. The molecular formula is C76H48N2O4. The van der Waals surface area contributed by atoms with Crippen LogP contribution in [-0.2, 0) is 10.8 Å². The second kappa shape index (κ2) is 16.5. The van der Waals surface area contributed by atoms with Gasteiger partial charge in [0.1, 0.15) is 44.7 Å². The molecule has 0 N–H and O–H groups in total. The third-order valence-corrected chi connectivity index (χ3v) is 18.6. The summed E-state index contributed by atoms with van der Waals surface area (Å²) < 4.78 is 25.7. The molecule has 0 radical (unpaired) electrons. The summed E-state index contributed by atoms with van der Waals surface area (Å²) in [7, 11) is 0. The lowest BCUT2D eigenvalue weighted by Gasteiger charge is -2.45. The van der Waals surface area contributed by atoms with Crippen LogP contribution in [0.25, 0.3) is 110 Å². The molecule has 0 amide bonds. The summed E-state index contributed by atoms with van der Waals surface area (Å²) in [6.45, 7) is 5.01. The Balaban J connectivity index is 0.863. The fourth-order valence-electron chi connectivity index (χ4n) is 14.6. The lowest BCUT2D eigenvalue weighted by molar-refractivity contribution is 0.376. The first-order valence-corrected chi connectivity index (χ1v) is 28.1. The smallest absolute Gasteiger partial charge is 0.135 e. The molecule has 12 aromatic carbocycles. The van der Waals surface area contributed by atoms with Crippen LogP contribution in [0, 0.1) is 0 Å². The van der Waals surface area contributed by atoms with E-state index in [4.69, 9.17) is 17.7 Å². The first kappa shape index (κ1) is 45.3. The number of furan rings is 4. The normalized spacial score (nSPS) is 16.3. The number of fused-ring (bicyclic) bond motifs is 18. The molecule has 6 nitrogen and oxygen atoms in total. The Hall–Kier alpha value is -10.6. The second-order valence-corrected chi connectivity index (χ2v) is 22.6. The van der Waals surface area contributed by atoms with Gasteiger partial charge in [-0.1, -0.05) is 147 Å².